The zero-order chi connectivity index (χ0) is 19.7. The standard InChI is InChI=1S/C22H22N4O2/c1-22(2)14-28-19-12-16(5-6-18(19)22)26(13-15-7-10-24-11-8-15)21-17(20(23)27)4-3-9-25-21/h3-12H,13-14H2,1-2H3,(H2,23,27). The minimum Gasteiger partial charge on any atom is -0.492 e. The van der Waals surface area contributed by atoms with Gasteiger partial charge in [0.25, 0.3) is 5.91 Å². The highest BCUT2D eigenvalue weighted by molar-refractivity contribution is 5.98. The molecule has 0 spiro atoms. The number of hydrogen-bond acceptors (Lipinski definition) is 5. The van der Waals surface area contributed by atoms with E-state index < -0.39 is 5.91 Å². The van der Waals surface area contributed by atoms with Crippen LogP contribution in [-0.4, -0.2) is 22.5 Å². The number of primary amides is 1. The van der Waals surface area contributed by atoms with Gasteiger partial charge in [0.05, 0.1) is 12.2 Å². The predicted octanol–water partition coefficient (Wildman–Crippen LogP) is 3.58. The first-order valence-electron chi connectivity index (χ1n) is 9.14. The Morgan fingerprint density at radius 2 is 1.96 bits per heavy atom. The van der Waals surface area contributed by atoms with Gasteiger partial charge in [0.2, 0.25) is 0 Å². The van der Waals surface area contributed by atoms with Crippen LogP contribution in [0.1, 0.15) is 35.3 Å². The maximum atomic E-state index is 12.0. The van der Waals surface area contributed by atoms with Crippen molar-refractivity contribution in [2.45, 2.75) is 25.8 Å². The van der Waals surface area contributed by atoms with E-state index in [-0.39, 0.29) is 5.41 Å². The van der Waals surface area contributed by atoms with Gasteiger partial charge in [0.1, 0.15) is 11.6 Å². The average Bonchev–Trinajstić information content (AvgIpc) is 3.01. The fourth-order valence-electron chi connectivity index (χ4n) is 3.46. The normalized spacial score (nSPS) is 14.2. The number of ether oxygens (including phenoxy) is 1. The number of carbonyl (C=O) groups excluding carboxylic acids is 1. The van der Waals surface area contributed by atoms with Crippen LogP contribution in [0.4, 0.5) is 11.5 Å². The van der Waals surface area contributed by atoms with Crippen molar-refractivity contribution in [1.29, 1.82) is 0 Å². The van der Waals surface area contributed by atoms with Crippen molar-refractivity contribution in [3.8, 4) is 5.75 Å². The number of benzene rings is 1. The van der Waals surface area contributed by atoms with E-state index in [9.17, 15) is 4.79 Å². The SMILES string of the molecule is CC1(C)COc2cc(N(Cc3ccncc3)c3ncccc3C(N)=O)ccc21. The van der Waals surface area contributed by atoms with Crippen molar-refractivity contribution in [2.75, 3.05) is 11.5 Å². The Morgan fingerprint density at radius 1 is 1.18 bits per heavy atom. The highest BCUT2D eigenvalue weighted by atomic mass is 16.5. The summed E-state index contributed by atoms with van der Waals surface area (Å²) in [5.41, 5.74) is 9.06. The second-order valence-electron chi connectivity index (χ2n) is 7.53. The smallest absolute Gasteiger partial charge is 0.252 e. The van der Waals surface area contributed by atoms with Crippen molar-refractivity contribution >= 4 is 17.4 Å². The monoisotopic (exact) mass is 374 g/mol. The molecule has 0 unspecified atom stereocenters. The Morgan fingerprint density at radius 3 is 2.71 bits per heavy atom. The molecule has 28 heavy (non-hydrogen) atoms. The van der Waals surface area contributed by atoms with Gasteiger partial charge in [-0.2, -0.15) is 0 Å². The molecule has 2 aromatic heterocycles. The number of fused-ring (bicyclic) bond motifs is 1. The summed E-state index contributed by atoms with van der Waals surface area (Å²) in [5, 5.41) is 0. The molecule has 6 nitrogen and oxygen atoms in total. The molecule has 0 bridgehead atoms. The summed E-state index contributed by atoms with van der Waals surface area (Å²) in [4.78, 5) is 22.5. The number of carbonyl (C=O) groups is 1. The number of anilines is 2. The van der Waals surface area contributed by atoms with E-state index in [0.29, 0.717) is 24.5 Å². The number of pyridine rings is 2. The molecule has 4 rings (SSSR count). The fourth-order valence-corrected chi connectivity index (χ4v) is 3.46. The third-order valence-corrected chi connectivity index (χ3v) is 4.99. The van der Waals surface area contributed by atoms with Crippen LogP contribution in [0.5, 0.6) is 5.75 Å². The van der Waals surface area contributed by atoms with E-state index in [1.165, 1.54) is 5.56 Å². The van der Waals surface area contributed by atoms with Crippen LogP contribution in [0.3, 0.4) is 0 Å². The van der Waals surface area contributed by atoms with Gasteiger partial charge in [-0.1, -0.05) is 19.9 Å². The lowest BCUT2D eigenvalue weighted by Crippen LogP contribution is -2.23. The fraction of sp³-hybridized carbons (Fsp3) is 0.227. The summed E-state index contributed by atoms with van der Waals surface area (Å²) in [6, 6.07) is 13.4. The number of nitrogens with two attached hydrogens (primary N) is 1. The van der Waals surface area contributed by atoms with Crippen LogP contribution in [-0.2, 0) is 12.0 Å². The van der Waals surface area contributed by atoms with Crippen molar-refractivity contribution in [1.82, 2.24) is 9.97 Å². The van der Waals surface area contributed by atoms with Crippen LogP contribution >= 0.6 is 0 Å². The molecular formula is C22H22N4O2. The Labute approximate surface area is 164 Å². The molecule has 3 heterocycles. The van der Waals surface area contributed by atoms with Gasteiger partial charge in [-0.05, 0) is 35.9 Å². The molecule has 0 aliphatic carbocycles. The molecule has 3 aromatic rings. The maximum Gasteiger partial charge on any atom is 0.252 e. The van der Waals surface area contributed by atoms with Crippen LogP contribution < -0.4 is 15.4 Å². The molecule has 1 aliphatic heterocycles. The molecule has 0 radical (unpaired) electrons. The van der Waals surface area contributed by atoms with E-state index in [0.717, 1.165) is 17.0 Å². The van der Waals surface area contributed by atoms with Crippen LogP contribution in [0.15, 0.2) is 61.1 Å². The lowest BCUT2D eigenvalue weighted by Gasteiger charge is -2.26. The predicted molar refractivity (Wildman–Crippen MR) is 108 cm³/mol. The highest BCUT2D eigenvalue weighted by Gasteiger charge is 2.32. The summed E-state index contributed by atoms with van der Waals surface area (Å²) >= 11 is 0. The van der Waals surface area contributed by atoms with E-state index >= 15 is 0 Å². The van der Waals surface area contributed by atoms with Crippen molar-refractivity contribution in [2.24, 2.45) is 5.73 Å². The van der Waals surface area contributed by atoms with Crippen LogP contribution in [0, 0.1) is 0 Å². The summed E-state index contributed by atoms with van der Waals surface area (Å²) in [6.07, 6.45) is 5.15. The zero-order valence-corrected chi connectivity index (χ0v) is 15.9. The van der Waals surface area contributed by atoms with Gasteiger partial charge >= 0.3 is 0 Å². The third-order valence-electron chi connectivity index (χ3n) is 4.99. The molecule has 1 aromatic carbocycles. The van der Waals surface area contributed by atoms with Crippen molar-refractivity contribution in [3.05, 3.63) is 77.7 Å². The Hall–Kier alpha value is -3.41. The first-order chi connectivity index (χ1) is 13.5. The van der Waals surface area contributed by atoms with E-state index in [1.807, 2.05) is 29.2 Å². The summed E-state index contributed by atoms with van der Waals surface area (Å²) in [7, 11) is 0. The van der Waals surface area contributed by atoms with E-state index in [1.54, 1.807) is 30.7 Å². The summed E-state index contributed by atoms with van der Waals surface area (Å²) in [5.74, 6) is 0.865. The summed E-state index contributed by atoms with van der Waals surface area (Å²) in [6.45, 7) is 5.49. The second kappa shape index (κ2) is 6.96. The minimum atomic E-state index is -0.513. The first kappa shape index (κ1) is 18.0. The van der Waals surface area contributed by atoms with Gasteiger partial charge in [0.15, 0.2) is 0 Å². The van der Waals surface area contributed by atoms with Crippen molar-refractivity contribution < 1.29 is 9.53 Å². The number of aromatic nitrogens is 2. The molecule has 142 valence electrons. The van der Waals surface area contributed by atoms with Crippen LogP contribution in [0.25, 0.3) is 0 Å². The van der Waals surface area contributed by atoms with Crippen molar-refractivity contribution in [3.63, 3.8) is 0 Å². The second-order valence-corrected chi connectivity index (χ2v) is 7.53. The number of amides is 1. The highest BCUT2D eigenvalue weighted by Crippen LogP contribution is 2.41. The Balaban J connectivity index is 1.82. The largest absolute Gasteiger partial charge is 0.492 e. The lowest BCUT2D eigenvalue weighted by atomic mass is 9.87. The molecule has 0 atom stereocenters. The van der Waals surface area contributed by atoms with Gasteiger partial charge in [-0.3, -0.25) is 9.78 Å². The van der Waals surface area contributed by atoms with E-state index in [2.05, 4.69) is 29.9 Å². The summed E-state index contributed by atoms with van der Waals surface area (Å²) < 4.78 is 5.92. The topological polar surface area (TPSA) is 81.3 Å². The Kier molecular flexibility index (Phi) is 4.47. The van der Waals surface area contributed by atoms with Gasteiger partial charge in [-0.15, -0.1) is 0 Å². The molecule has 0 fully saturated rings. The maximum absolute atomic E-state index is 12.0. The number of nitrogens with zero attached hydrogens (tertiary/aromatic N) is 3. The zero-order valence-electron chi connectivity index (χ0n) is 15.9. The minimum absolute atomic E-state index is 0.0207. The lowest BCUT2D eigenvalue weighted by molar-refractivity contribution is 0.100. The molecule has 6 heteroatoms. The molecule has 0 saturated carbocycles. The molecular weight excluding hydrogens is 352 g/mol. The average molecular weight is 374 g/mol. The first-order valence-corrected chi connectivity index (χ1v) is 9.14. The molecule has 1 amide bonds. The molecule has 0 saturated heterocycles. The number of rotatable bonds is 5. The Bertz CT molecular complexity index is 1020. The molecule has 1 aliphatic rings. The van der Waals surface area contributed by atoms with Gasteiger partial charge < -0.3 is 15.4 Å². The number of hydrogen-bond donors (Lipinski definition) is 1. The van der Waals surface area contributed by atoms with Gasteiger partial charge in [-0.25, -0.2) is 4.98 Å². The quantitative estimate of drug-likeness (QED) is 0.738. The van der Waals surface area contributed by atoms with Gasteiger partial charge in [0, 0.05) is 47.9 Å². The van der Waals surface area contributed by atoms with Crippen LogP contribution in [0.2, 0.25) is 0 Å². The third kappa shape index (κ3) is 3.29. The molecule has 2 N–H and O–H groups in total. The van der Waals surface area contributed by atoms with E-state index in [4.69, 9.17) is 10.5 Å².